The molecule has 0 aliphatic heterocycles. The van der Waals surface area contributed by atoms with Gasteiger partial charge in [-0.15, -0.1) is 0 Å². The number of para-hydroxylation sites is 1. The van der Waals surface area contributed by atoms with Crippen LogP contribution in [0.1, 0.15) is 15.9 Å². The van der Waals surface area contributed by atoms with Gasteiger partial charge in [-0.3, -0.25) is 9.52 Å². The van der Waals surface area contributed by atoms with Crippen molar-refractivity contribution in [2.45, 2.75) is 6.92 Å². The molecule has 0 unspecified atom stereocenters. The summed E-state index contributed by atoms with van der Waals surface area (Å²) in [6, 6.07) is 10.7. The van der Waals surface area contributed by atoms with E-state index in [1.807, 2.05) is 22.6 Å². The number of hydrogen-bond donors (Lipinski definition) is 4. The third-order valence-corrected chi connectivity index (χ3v) is 5.37. The van der Waals surface area contributed by atoms with Crippen molar-refractivity contribution in [2.75, 3.05) is 10.0 Å². The smallest absolute Gasteiger partial charge is 0.296 e. The monoisotopic (exact) mass is 574 g/mol. The Labute approximate surface area is 196 Å². The zero-order chi connectivity index (χ0) is 23.6. The third-order valence-electron chi connectivity index (χ3n) is 4.21. The predicted octanol–water partition coefficient (Wildman–Crippen LogP) is 4.13. The lowest BCUT2D eigenvalue weighted by atomic mass is 10.1. The highest BCUT2D eigenvalue weighted by atomic mass is 127. The number of halogens is 3. The van der Waals surface area contributed by atoms with E-state index >= 15 is 0 Å². The van der Waals surface area contributed by atoms with Gasteiger partial charge in [-0.25, -0.2) is 13.9 Å². The number of amides is 1. The second kappa shape index (κ2) is 9.26. The maximum atomic E-state index is 14.4. The fourth-order valence-electron chi connectivity index (χ4n) is 2.87. The first-order valence-electron chi connectivity index (χ1n) is 8.88. The third kappa shape index (κ3) is 5.63. The Morgan fingerprint density at radius 1 is 1.06 bits per heavy atom. The first-order valence-corrected chi connectivity index (χ1v) is 11.5. The van der Waals surface area contributed by atoms with E-state index in [1.165, 1.54) is 18.2 Å². The fourth-order valence-corrected chi connectivity index (χ4v) is 3.87. The molecule has 0 fully saturated rings. The summed E-state index contributed by atoms with van der Waals surface area (Å²) < 4.78 is 60.2. The molecule has 0 saturated carbocycles. The number of anilines is 3. The van der Waals surface area contributed by atoms with Crippen molar-refractivity contribution in [2.24, 2.45) is 10.9 Å². The van der Waals surface area contributed by atoms with Crippen molar-refractivity contribution >= 4 is 55.8 Å². The van der Waals surface area contributed by atoms with Crippen LogP contribution in [0.3, 0.4) is 0 Å². The van der Waals surface area contributed by atoms with E-state index < -0.39 is 27.8 Å². The van der Waals surface area contributed by atoms with Gasteiger partial charge in [-0.2, -0.15) is 8.42 Å². The number of hydrogen-bond acceptors (Lipinski definition) is 5. The largest absolute Gasteiger partial charge is 0.454 e. The molecule has 0 heterocycles. The zero-order valence-electron chi connectivity index (χ0n) is 16.4. The van der Waals surface area contributed by atoms with Gasteiger partial charge in [0.15, 0.2) is 5.75 Å². The number of nitrogens with two attached hydrogens (primary N) is 2. The van der Waals surface area contributed by atoms with Crippen molar-refractivity contribution in [3.05, 3.63) is 74.9 Å². The molecule has 0 saturated heterocycles. The number of carbonyl (C=O) groups excluding carboxylic acids is 1. The van der Waals surface area contributed by atoms with Crippen LogP contribution in [0.25, 0.3) is 0 Å². The van der Waals surface area contributed by atoms with E-state index in [9.17, 15) is 22.0 Å². The number of benzene rings is 3. The topological polar surface area (TPSA) is 137 Å². The molecule has 3 aromatic rings. The van der Waals surface area contributed by atoms with Crippen molar-refractivity contribution in [1.82, 2.24) is 0 Å². The lowest BCUT2D eigenvalue weighted by molar-refractivity contribution is 0.0999. The molecule has 6 N–H and O–H groups in total. The quantitative estimate of drug-likeness (QED) is 0.315. The van der Waals surface area contributed by atoms with Gasteiger partial charge >= 0.3 is 0 Å². The predicted molar refractivity (Wildman–Crippen MR) is 125 cm³/mol. The molecule has 32 heavy (non-hydrogen) atoms. The van der Waals surface area contributed by atoms with Crippen molar-refractivity contribution in [1.29, 1.82) is 0 Å². The second-order valence-electron chi connectivity index (χ2n) is 6.64. The highest BCUT2D eigenvalue weighted by molar-refractivity contribution is 14.1. The maximum absolute atomic E-state index is 14.4. The Morgan fingerprint density at radius 3 is 2.41 bits per heavy atom. The molecule has 0 aliphatic carbocycles. The summed E-state index contributed by atoms with van der Waals surface area (Å²) in [5.41, 5.74) is 5.52. The minimum Gasteiger partial charge on any atom is -0.454 e. The minimum atomic E-state index is -4.16. The molecular weight excluding hydrogens is 557 g/mol. The summed E-state index contributed by atoms with van der Waals surface area (Å²) in [6.07, 6.45) is 0. The number of rotatable bonds is 7. The lowest BCUT2D eigenvalue weighted by Crippen LogP contribution is -2.22. The standard InChI is InChI=1S/C20H17F2IN4O4S/c1-10-3-2-4-16(19(10)27-32(25,29)30)31-17-8-11(21)7-15(18(17)20(24)28)26-14-6-5-12(23)9-13(14)22/h2-9,26-27H,1H3,(H2,24,28)(H2,25,29,30). The molecule has 0 radical (unpaired) electrons. The van der Waals surface area contributed by atoms with Gasteiger partial charge in [-0.1, -0.05) is 12.1 Å². The summed E-state index contributed by atoms with van der Waals surface area (Å²) in [6.45, 7) is 1.59. The molecular formula is C20H17F2IN4O4S. The van der Waals surface area contributed by atoms with Crippen LogP contribution in [0, 0.1) is 22.1 Å². The van der Waals surface area contributed by atoms with Gasteiger partial charge in [0, 0.05) is 9.64 Å². The zero-order valence-corrected chi connectivity index (χ0v) is 19.4. The molecule has 8 nitrogen and oxygen atoms in total. The molecule has 168 valence electrons. The SMILES string of the molecule is Cc1cccc(Oc2cc(F)cc(Nc3ccc(I)cc3F)c2C(N)=O)c1NS(N)(=O)=O. The molecule has 3 aromatic carbocycles. The van der Waals surface area contributed by atoms with E-state index in [2.05, 4.69) is 10.0 Å². The Bertz CT molecular complexity index is 1320. The van der Waals surface area contributed by atoms with Gasteiger partial charge in [0.2, 0.25) is 0 Å². The first-order chi connectivity index (χ1) is 14.9. The molecule has 3 rings (SSSR count). The van der Waals surface area contributed by atoms with Crippen LogP contribution in [-0.4, -0.2) is 14.3 Å². The summed E-state index contributed by atoms with van der Waals surface area (Å²) in [5, 5.41) is 7.71. The number of carbonyl (C=O) groups is 1. The van der Waals surface area contributed by atoms with Crippen molar-refractivity contribution < 1.29 is 26.7 Å². The van der Waals surface area contributed by atoms with Gasteiger partial charge in [0.1, 0.15) is 22.9 Å². The van der Waals surface area contributed by atoms with E-state index in [0.717, 1.165) is 12.1 Å². The Kier molecular flexibility index (Phi) is 6.85. The highest BCUT2D eigenvalue weighted by Gasteiger charge is 2.21. The molecule has 0 aliphatic rings. The molecule has 1 amide bonds. The number of ether oxygens (including phenoxy) is 1. The fraction of sp³-hybridized carbons (Fsp3) is 0.0500. The molecule has 0 aromatic heterocycles. The van der Waals surface area contributed by atoms with Gasteiger partial charge in [0.25, 0.3) is 16.1 Å². The molecule has 0 atom stereocenters. The maximum Gasteiger partial charge on any atom is 0.296 e. The normalized spacial score (nSPS) is 11.2. The van der Waals surface area contributed by atoms with Gasteiger partial charge < -0.3 is 15.8 Å². The highest BCUT2D eigenvalue weighted by Crippen LogP contribution is 2.38. The Balaban J connectivity index is 2.11. The summed E-state index contributed by atoms with van der Waals surface area (Å²) in [5.74, 6) is -2.79. The number of nitrogens with one attached hydrogen (secondary N) is 2. The van der Waals surface area contributed by atoms with Crippen LogP contribution in [-0.2, 0) is 10.2 Å². The molecule has 12 heteroatoms. The van der Waals surface area contributed by atoms with Crippen LogP contribution < -0.4 is 25.6 Å². The summed E-state index contributed by atoms with van der Waals surface area (Å²) in [7, 11) is -4.16. The van der Waals surface area contributed by atoms with Gasteiger partial charge in [0.05, 0.1) is 17.1 Å². The second-order valence-corrected chi connectivity index (χ2v) is 9.18. The number of aryl methyl sites for hydroxylation is 1. The summed E-state index contributed by atoms with van der Waals surface area (Å²) in [4.78, 5) is 12.2. The average Bonchev–Trinajstić information content (AvgIpc) is 2.65. The average molecular weight is 574 g/mol. The van der Waals surface area contributed by atoms with Crippen molar-refractivity contribution in [3.63, 3.8) is 0 Å². The number of primary amides is 1. The van der Waals surface area contributed by atoms with Gasteiger partial charge in [-0.05, 0) is 65.4 Å². The summed E-state index contributed by atoms with van der Waals surface area (Å²) >= 11 is 1.93. The van der Waals surface area contributed by atoms with Crippen LogP contribution in [0.2, 0.25) is 0 Å². The van der Waals surface area contributed by atoms with E-state index in [0.29, 0.717) is 9.13 Å². The van der Waals surface area contributed by atoms with Crippen LogP contribution in [0.4, 0.5) is 25.8 Å². The van der Waals surface area contributed by atoms with Crippen molar-refractivity contribution in [3.8, 4) is 11.5 Å². The molecule has 0 bridgehead atoms. The first kappa shape index (κ1) is 23.7. The van der Waals surface area contributed by atoms with Crippen LogP contribution in [0.15, 0.2) is 48.5 Å². The lowest BCUT2D eigenvalue weighted by Gasteiger charge is -2.18. The Morgan fingerprint density at radius 2 is 1.78 bits per heavy atom. The van der Waals surface area contributed by atoms with E-state index in [1.54, 1.807) is 25.1 Å². The minimum absolute atomic E-state index is 0.00660. The van der Waals surface area contributed by atoms with Crippen LogP contribution in [0.5, 0.6) is 11.5 Å². The molecule has 0 spiro atoms. The van der Waals surface area contributed by atoms with Crippen LogP contribution >= 0.6 is 22.6 Å². The van der Waals surface area contributed by atoms with E-state index in [-0.39, 0.29) is 34.1 Å². The Hall–Kier alpha value is -2.97. The van der Waals surface area contributed by atoms with E-state index in [4.69, 9.17) is 15.6 Å².